The molecule has 0 aliphatic carbocycles. The van der Waals surface area contributed by atoms with Gasteiger partial charge in [-0.25, -0.2) is 9.97 Å². The second kappa shape index (κ2) is 6.82. The van der Waals surface area contributed by atoms with E-state index in [2.05, 4.69) is 27.2 Å². The maximum Gasteiger partial charge on any atom is 0.144 e. The number of hydrogen-bond donors (Lipinski definition) is 1. The van der Waals surface area contributed by atoms with Gasteiger partial charge in [-0.3, -0.25) is 4.90 Å². The van der Waals surface area contributed by atoms with Crippen molar-refractivity contribution >= 4 is 5.82 Å². The summed E-state index contributed by atoms with van der Waals surface area (Å²) >= 11 is 0. The van der Waals surface area contributed by atoms with Gasteiger partial charge in [0.25, 0.3) is 0 Å². The Morgan fingerprint density at radius 2 is 2.32 bits per heavy atom. The molecule has 1 aromatic heterocycles. The van der Waals surface area contributed by atoms with Crippen LogP contribution in [0.1, 0.15) is 24.4 Å². The average molecular weight is 264 g/mol. The molecule has 1 N–H and O–H groups in total. The van der Waals surface area contributed by atoms with Crippen molar-refractivity contribution < 1.29 is 4.74 Å². The van der Waals surface area contributed by atoms with Gasteiger partial charge in [-0.2, -0.15) is 0 Å². The van der Waals surface area contributed by atoms with Gasteiger partial charge in [-0.1, -0.05) is 0 Å². The zero-order chi connectivity index (χ0) is 13.7. The van der Waals surface area contributed by atoms with E-state index in [9.17, 15) is 0 Å². The largest absolute Gasteiger partial charge is 0.381 e. The lowest BCUT2D eigenvalue weighted by Crippen LogP contribution is -2.31. The van der Waals surface area contributed by atoms with E-state index in [1.54, 1.807) is 0 Å². The number of aromatic nitrogens is 2. The molecule has 1 saturated heterocycles. The molecule has 0 saturated carbocycles. The summed E-state index contributed by atoms with van der Waals surface area (Å²) in [5, 5.41) is 3.07. The van der Waals surface area contributed by atoms with Crippen molar-refractivity contribution in [1.29, 1.82) is 0 Å². The Kier molecular flexibility index (Phi) is 5.10. The smallest absolute Gasteiger partial charge is 0.144 e. The van der Waals surface area contributed by atoms with Crippen LogP contribution in [0.5, 0.6) is 0 Å². The van der Waals surface area contributed by atoms with Crippen LogP contribution >= 0.6 is 0 Å². The van der Waals surface area contributed by atoms with Gasteiger partial charge < -0.3 is 10.1 Å². The second-order valence-electron chi connectivity index (χ2n) is 5.34. The van der Waals surface area contributed by atoms with E-state index in [0.717, 1.165) is 43.6 Å². The molecule has 19 heavy (non-hydrogen) atoms. The van der Waals surface area contributed by atoms with Gasteiger partial charge in [0, 0.05) is 32.0 Å². The van der Waals surface area contributed by atoms with E-state index in [4.69, 9.17) is 4.74 Å². The van der Waals surface area contributed by atoms with Crippen LogP contribution in [0.15, 0.2) is 6.07 Å². The first-order valence-electron chi connectivity index (χ1n) is 6.96. The maximum atomic E-state index is 5.52. The number of hydrogen-bond acceptors (Lipinski definition) is 5. The Bertz CT molecular complexity index is 404. The molecule has 1 aliphatic rings. The summed E-state index contributed by atoms with van der Waals surface area (Å²) in [7, 11) is 4.01. The highest BCUT2D eigenvalue weighted by molar-refractivity contribution is 5.34. The first-order chi connectivity index (χ1) is 9.17. The molecule has 1 aliphatic heterocycles. The standard InChI is InChI=1S/C14H24N4O/c1-11-7-13(15-2)17-14(16-11)9-18(3)8-12-5-4-6-19-10-12/h7,12H,4-6,8-10H2,1-3H3,(H,15,16,17). The Morgan fingerprint density at radius 1 is 1.47 bits per heavy atom. The number of anilines is 1. The van der Waals surface area contributed by atoms with Crippen molar-refractivity contribution in [2.24, 2.45) is 5.92 Å². The van der Waals surface area contributed by atoms with Gasteiger partial charge in [0.1, 0.15) is 11.6 Å². The number of ether oxygens (including phenoxy) is 1. The van der Waals surface area contributed by atoms with Crippen LogP contribution in [0.4, 0.5) is 5.82 Å². The summed E-state index contributed by atoms with van der Waals surface area (Å²) in [5.74, 6) is 2.41. The molecule has 0 aromatic carbocycles. The molecule has 5 heteroatoms. The summed E-state index contributed by atoms with van der Waals surface area (Å²) < 4.78 is 5.52. The molecule has 1 atom stereocenters. The van der Waals surface area contributed by atoms with E-state index in [1.807, 2.05) is 20.0 Å². The van der Waals surface area contributed by atoms with Crippen molar-refractivity contribution in [2.75, 3.05) is 39.2 Å². The Hall–Kier alpha value is -1.20. The highest BCUT2D eigenvalue weighted by Crippen LogP contribution is 2.15. The lowest BCUT2D eigenvalue weighted by molar-refractivity contribution is 0.0408. The van der Waals surface area contributed by atoms with Crippen molar-refractivity contribution in [3.63, 3.8) is 0 Å². The van der Waals surface area contributed by atoms with Gasteiger partial charge in [-0.15, -0.1) is 0 Å². The molecule has 0 spiro atoms. The molecule has 106 valence electrons. The fraction of sp³-hybridized carbons (Fsp3) is 0.714. The summed E-state index contributed by atoms with van der Waals surface area (Å²) in [5.41, 5.74) is 1.00. The number of nitrogens with zero attached hydrogens (tertiary/aromatic N) is 3. The number of aryl methyl sites for hydroxylation is 1. The van der Waals surface area contributed by atoms with Crippen LogP contribution < -0.4 is 5.32 Å². The van der Waals surface area contributed by atoms with Crippen LogP contribution in [-0.4, -0.2) is 48.7 Å². The minimum absolute atomic E-state index is 0.646. The first-order valence-corrected chi connectivity index (χ1v) is 6.96. The van der Waals surface area contributed by atoms with Crippen LogP contribution in [0.2, 0.25) is 0 Å². The van der Waals surface area contributed by atoms with Crippen LogP contribution in [0.3, 0.4) is 0 Å². The molecular formula is C14H24N4O. The van der Waals surface area contributed by atoms with E-state index in [-0.39, 0.29) is 0 Å². The summed E-state index contributed by atoms with van der Waals surface area (Å²) in [4.78, 5) is 11.3. The topological polar surface area (TPSA) is 50.3 Å². The molecule has 5 nitrogen and oxygen atoms in total. The SMILES string of the molecule is CNc1cc(C)nc(CN(C)CC2CCCOC2)n1. The molecule has 1 aromatic rings. The van der Waals surface area contributed by atoms with E-state index >= 15 is 0 Å². The monoisotopic (exact) mass is 264 g/mol. The van der Waals surface area contributed by atoms with Gasteiger partial charge in [0.15, 0.2) is 0 Å². The second-order valence-corrected chi connectivity index (χ2v) is 5.34. The highest BCUT2D eigenvalue weighted by Gasteiger charge is 2.16. The summed E-state index contributed by atoms with van der Waals surface area (Å²) in [6, 6.07) is 1.96. The predicted molar refractivity (Wildman–Crippen MR) is 76.2 cm³/mol. The van der Waals surface area contributed by atoms with Crippen LogP contribution in [-0.2, 0) is 11.3 Å². The fourth-order valence-electron chi connectivity index (χ4n) is 2.53. The average Bonchev–Trinajstić information content (AvgIpc) is 2.38. The third-order valence-corrected chi connectivity index (χ3v) is 3.39. The van der Waals surface area contributed by atoms with Crippen molar-refractivity contribution in [3.05, 3.63) is 17.6 Å². The lowest BCUT2D eigenvalue weighted by atomic mass is 10.0. The maximum absolute atomic E-state index is 5.52. The first kappa shape index (κ1) is 14.2. The van der Waals surface area contributed by atoms with Gasteiger partial charge in [-0.05, 0) is 32.7 Å². The summed E-state index contributed by atoms with van der Waals surface area (Å²) in [6.45, 7) is 5.65. The lowest BCUT2D eigenvalue weighted by Gasteiger charge is -2.26. The third kappa shape index (κ3) is 4.44. The van der Waals surface area contributed by atoms with Gasteiger partial charge in [0.05, 0.1) is 13.2 Å². The van der Waals surface area contributed by atoms with E-state index in [0.29, 0.717) is 5.92 Å². The van der Waals surface area contributed by atoms with Gasteiger partial charge >= 0.3 is 0 Å². The number of nitrogens with one attached hydrogen (secondary N) is 1. The van der Waals surface area contributed by atoms with Gasteiger partial charge in [0.2, 0.25) is 0 Å². The summed E-state index contributed by atoms with van der Waals surface area (Å²) in [6.07, 6.45) is 2.45. The molecule has 0 amide bonds. The van der Waals surface area contributed by atoms with E-state index in [1.165, 1.54) is 12.8 Å². The third-order valence-electron chi connectivity index (χ3n) is 3.39. The van der Waals surface area contributed by atoms with Crippen molar-refractivity contribution in [3.8, 4) is 0 Å². The molecule has 0 radical (unpaired) electrons. The van der Waals surface area contributed by atoms with E-state index < -0.39 is 0 Å². The normalized spacial score (nSPS) is 19.7. The molecule has 1 fully saturated rings. The number of rotatable bonds is 5. The highest BCUT2D eigenvalue weighted by atomic mass is 16.5. The zero-order valence-electron chi connectivity index (χ0n) is 12.1. The molecule has 2 heterocycles. The Labute approximate surface area is 115 Å². The Balaban J connectivity index is 1.90. The van der Waals surface area contributed by atoms with Crippen molar-refractivity contribution in [1.82, 2.24) is 14.9 Å². The predicted octanol–water partition coefficient (Wildman–Crippen LogP) is 1.69. The minimum Gasteiger partial charge on any atom is -0.381 e. The molecular weight excluding hydrogens is 240 g/mol. The minimum atomic E-state index is 0.646. The Morgan fingerprint density at radius 3 is 3.00 bits per heavy atom. The molecule has 2 rings (SSSR count). The fourth-order valence-corrected chi connectivity index (χ4v) is 2.53. The zero-order valence-corrected chi connectivity index (χ0v) is 12.1. The molecule has 0 bridgehead atoms. The van der Waals surface area contributed by atoms with Crippen LogP contribution in [0, 0.1) is 12.8 Å². The van der Waals surface area contributed by atoms with Crippen LogP contribution in [0.25, 0.3) is 0 Å². The quantitative estimate of drug-likeness (QED) is 0.877. The van der Waals surface area contributed by atoms with Crippen molar-refractivity contribution in [2.45, 2.75) is 26.3 Å². The molecule has 1 unspecified atom stereocenters.